The number of hydrogen-bond acceptors (Lipinski definition) is 2. The average Bonchev–Trinajstić information content (AvgIpc) is 2.03. The average molecular weight is 153 g/mol. The Balaban J connectivity index is 2.43. The zero-order valence-corrected chi connectivity index (χ0v) is 6.47. The minimum Gasteiger partial charge on any atom is -0.159 e. The Hall–Kier alpha value is -0.570. The molecule has 1 radical (unpaired) electrons. The van der Waals surface area contributed by atoms with Gasteiger partial charge in [0.15, 0.2) is 0 Å². The molecule has 0 saturated carbocycles. The molecule has 0 aliphatic heterocycles. The van der Waals surface area contributed by atoms with Crippen LogP contribution in [0.1, 0.15) is 12.1 Å². The van der Waals surface area contributed by atoms with E-state index in [0.717, 1.165) is 24.3 Å². The van der Waals surface area contributed by atoms with Gasteiger partial charge in [0.05, 0.1) is 5.69 Å². The molecule has 0 N–H and O–H groups in total. The molecule has 0 spiro atoms. The summed E-state index contributed by atoms with van der Waals surface area (Å²) in [5.74, 6) is 0.802. The largest absolute Gasteiger partial charge is 0.159 e. The number of rotatable bonds is 3. The minimum absolute atomic E-state index is 0.802. The molecule has 0 amide bonds. The highest BCUT2D eigenvalue weighted by atomic mass is 32.1. The van der Waals surface area contributed by atoms with Crippen LogP contribution < -0.4 is 0 Å². The summed E-state index contributed by atoms with van der Waals surface area (Å²) in [6.07, 6.45) is 3.66. The van der Waals surface area contributed by atoms with Gasteiger partial charge >= 0.3 is 0 Å². The third-order valence-corrected chi connectivity index (χ3v) is 1.49. The zero-order chi connectivity index (χ0) is 7.23. The molecule has 1 aromatic heterocycles. The van der Waals surface area contributed by atoms with Gasteiger partial charge in [-0.25, -0.2) is 0 Å². The van der Waals surface area contributed by atoms with E-state index in [2.05, 4.69) is 10.2 Å². The maximum absolute atomic E-state index is 4.80. The van der Waals surface area contributed by atoms with Crippen LogP contribution in [0.3, 0.4) is 0 Å². The summed E-state index contributed by atoms with van der Waals surface area (Å²) in [6.45, 7) is 0. The van der Waals surface area contributed by atoms with Gasteiger partial charge in [0, 0.05) is 11.9 Å². The van der Waals surface area contributed by atoms with E-state index in [-0.39, 0.29) is 0 Å². The summed E-state index contributed by atoms with van der Waals surface area (Å²) in [7, 11) is 0. The highest BCUT2D eigenvalue weighted by Gasteiger charge is 1.90. The maximum atomic E-state index is 4.80. The summed E-state index contributed by atoms with van der Waals surface area (Å²) in [5, 5.41) is 7.67. The van der Waals surface area contributed by atoms with E-state index in [0.29, 0.717) is 0 Å². The number of aromatic nitrogens is 2. The fourth-order valence-corrected chi connectivity index (χ4v) is 0.864. The van der Waals surface area contributed by atoms with E-state index in [1.54, 1.807) is 6.20 Å². The molecular weight excluding hydrogens is 144 g/mol. The van der Waals surface area contributed by atoms with Crippen LogP contribution in [0.25, 0.3) is 0 Å². The Morgan fingerprint density at radius 3 is 3.00 bits per heavy atom. The van der Waals surface area contributed by atoms with E-state index >= 15 is 0 Å². The van der Waals surface area contributed by atoms with Gasteiger partial charge in [0.2, 0.25) is 0 Å². The Morgan fingerprint density at radius 2 is 2.40 bits per heavy atom. The third kappa shape index (κ3) is 2.35. The van der Waals surface area contributed by atoms with E-state index in [4.69, 9.17) is 12.6 Å². The second kappa shape index (κ2) is 4.28. The highest BCUT2D eigenvalue weighted by molar-refractivity contribution is 7.80. The van der Waals surface area contributed by atoms with Crippen LogP contribution in [-0.4, -0.2) is 16.0 Å². The molecule has 0 bridgehead atoms. The normalized spacial score (nSPS) is 9.70. The Kier molecular flexibility index (Phi) is 3.22. The van der Waals surface area contributed by atoms with Crippen LogP contribution in [-0.2, 0) is 6.42 Å². The van der Waals surface area contributed by atoms with Crippen LogP contribution in [0.2, 0.25) is 0 Å². The predicted molar refractivity (Wildman–Crippen MR) is 42.8 cm³/mol. The van der Waals surface area contributed by atoms with Crippen molar-refractivity contribution < 1.29 is 0 Å². The van der Waals surface area contributed by atoms with Crippen LogP contribution in [0, 0.1) is 0 Å². The van der Waals surface area contributed by atoms with Gasteiger partial charge in [-0.1, -0.05) is 12.6 Å². The quantitative estimate of drug-likeness (QED) is 0.659. The van der Waals surface area contributed by atoms with E-state index in [1.165, 1.54) is 0 Å². The molecule has 1 rings (SSSR count). The van der Waals surface area contributed by atoms with E-state index in [1.807, 2.05) is 12.1 Å². The molecule has 0 saturated heterocycles. The van der Waals surface area contributed by atoms with Gasteiger partial charge in [-0.05, 0) is 25.0 Å². The van der Waals surface area contributed by atoms with Gasteiger partial charge in [0.1, 0.15) is 0 Å². The summed E-state index contributed by atoms with van der Waals surface area (Å²) >= 11 is 4.80. The molecule has 1 heterocycles. The monoisotopic (exact) mass is 153 g/mol. The number of aryl methyl sites for hydroxylation is 1. The Morgan fingerprint density at radius 1 is 1.50 bits per heavy atom. The van der Waals surface area contributed by atoms with Gasteiger partial charge in [-0.15, -0.1) is 0 Å². The van der Waals surface area contributed by atoms with Gasteiger partial charge in [-0.2, -0.15) is 10.2 Å². The van der Waals surface area contributed by atoms with Crippen molar-refractivity contribution in [3.63, 3.8) is 0 Å². The van der Waals surface area contributed by atoms with Crippen molar-refractivity contribution in [3.8, 4) is 0 Å². The zero-order valence-electron chi connectivity index (χ0n) is 5.66. The lowest BCUT2D eigenvalue weighted by atomic mass is 10.2. The summed E-state index contributed by atoms with van der Waals surface area (Å²) < 4.78 is 0. The van der Waals surface area contributed by atoms with Crippen molar-refractivity contribution in [2.75, 3.05) is 5.75 Å². The van der Waals surface area contributed by atoms with Crippen LogP contribution >= 0.6 is 12.6 Å². The molecule has 2 nitrogen and oxygen atoms in total. The van der Waals surface area contributed by atoms with Crippen LogP contribution in [0.15, 0.2) is 18.3 Å². The number of nitrogens with zero attached hydrogens (tertiary/aromatic N) is 2. The first-order valence-electron chi connectivity index (χ1n) is 3.28. The molecule has 0 aliphatic carbocycles. The second-order valence-corrected chi connectivity index (χ2v) is 2.43. The molecule has 10 heavy (non-hydrogen) atoms. The van der Waals surface area contributed by atoms with Gasteiger partial charge < -0.3 is 0 Å². The summed E-state index contributed by atoms with van der Waals surface area (Å²) in [5.41, 5.74) is 1.03. The summed E-state index contributed by atoms with van der Waals surface area (Å²) in [4.78, 5) is 0. The van der Waals surface area contributed by atoms with Crippen LogP contribution in [0.4, 0.5) is 0 Å². The van der Waals surface area contributed by atoms with Gasteiger partial charge in [-0.3, -0.25) is 0 Å². The molecule has 53 valence electrons. The molecule has 0 fully saturated rings. The molecule has 0 unspecified atom stereocenters. The standard InChI is InChI=1S/C7H9N2S/c10-6-2-4-7-3-1-5-8-9-7/h1,3,5H,2,4,6H2. The number of hydrogen-bond donors (Lipinski definition) is 0. The van der Waals surface area contributed by atoms with Crippen molar-refractivity contribution in [1.82, 2.24) is 10.2 Å². The predicted octanol–water partition coefficient (Wildman–Crippen LogP) is 1.61. The fraction of sp³-hybridized carbons (Fsp3) is 0.429. The first-order chi connectivity index (χ1) is 4.93. The molecule has 0 aliphatic rings. The molecular formula is C7H9N2S. The minimum atomic E-state index is 0.802. The second-order valence-electron chi connectivity index (χ2n) is 2.02. The molecule has 0 atom stereocenters. The highest BCUT2D eigenvalue weighted by Crippen LogP contribution is 1.96. The lowest BCUT2D eigenvalue weighted by Crippen LogP contribution is -1.91. The van der Waals surface area contributed by atoms with Crippen molar-refractivity contribution >= 4 is 12.6 Å². The van der Waals surface area contributed by atoms with Crippen molar-refractivity contribution in [1.29, 1.82) is 0 Å². The first kappa shape index (κ1) is 7.54. The fourth-order valence-electron chi connectivity index (χ4n) is 0.720. The maximum Gasteiger partial charge on any atom is 0.0631 e. The Labute approximate surface area is 66.1 Å². The van der Waals surface area contributed by atoms with Crippen LogP contribution in [0.5, 0.6) is 0 Å². The SMILES string of the molecule is [S]CCCc1cccnn1. The topological polar surface area (TPSA) is 25.8 Å². The summed E-state index contributed by atoms with van der Waals surface area (Å²) in [6, 6.07) is 3.86. The smallest absolute Gasteiger partial charge is 0.0631 e. The van der Waals surface area contributed by atoms with E-state index in [9.17, 15) is 0 Å². The van der Waals surface area contributed by atoms with Crippen molar-refractivity contribution in [2.45, 2.75) is 12.8 Å². The molecule has 3 heteroatoms. The van der Waals surface area contributed by atoms with Gasteiger partial charge in [0.25, 0.3) is 0 Å². The van der Waals surface area contributed by atoms with Crippen molar-refractivity contribution in [2.24, 2.45) is 0 Å². The molecule has 1 aromatic rings. The molecule has 0 aromatic carbocycles. The van der Waals surface area contributed by atoms with E-state index < -0.39 is 0 Å². The first-order valence-corrected chi connectivity index (χ1v) is 3.86. The lowest BCUT2D eigenvalue weighted by Gasteiger charge is -1.93. The Bertz CT molecular complexity index is 176. The van der Waals surface area contributed by atoms with Crippen molar-refractivity contribution in [3.05, 3.63) is 24.0 Å². The third-order valence-electron chi connectivity index (χ3n) is 1.20. The lowest BCUT2D eigenvalue weighted by molar-refractivity contribution is 0.846.